The van der Waals surface area contributed by atoms with Gasteiger partial charge in [0, 0.05) is 24.1 Å². The van der Waals surface area contributed by atoms with Crippen LogP contribution in [0.25, 0.3) is 0 Å². The lowest BCUT2D eigenvalue weighted by Crippen LogP contribution is -2.12. The molecule has 0 saturated carbocycles. The maximum Gasteiger partial charge on any atom is 0.103 e. The van der Waals surface area contributed by atoms with E-state index >= 15 is 0 Å². The molecule has 0 bridgehead atoms. The highest BCUT2D eigenvalue weighted by atomic mass is 32.2. The van der Waals surface area contributed by atoms with E-state index in [0.29, 0.717) is 0 Å². The zero-order valence-electron chi connectivity index (χ0n) is 13.1. The Hall–Kier alpha value is -1.26. The van der Waals surface area contributed by atoms with Gasteiger partial charge in [-0.1, -0.05) is 24.8 Å². The second-order valence-electron chi connectivity index (χ2n) is 5.66. The Morgan fingerprint density at radius 3 is 2.90 bits per heavy atom. The third-order valence-corrected chi connectivity index (χ3v) is 5.32. The Kier molecular flexibility index (Phi) is 4.36. The lowest BCUT2D eigenvalue weighted by atomic mass is 10.1. The Labute approximate surface area is 131 Å². The molecule has 112 valence electrons. The van der Waals surface area contributed by atoms with E-state index in [2.05, 4.69) is 42.5 Å². The number of aryl methyl sites for hydroxylation is 4. The number of benzene rings is 1. The van der Waals surface area contributed by atoms with Crippen molar-refractivity contribution in [1.29, 1.82) is 0 Å². The summed E-state index contributed by atoms with van der Waals surface area (Å²) in [6, 6.07) is 6.93. The summed E-state index contributed by atoms with van der Waals surface area (Å²) in [6.45, 7) is 6.11. The minimum absolute atomic E-state index is 0.892. The first-order valence-electron chi connectivity index (χ1n) is 7.72. The molecular formula is C17H23N3S. The largest absolute Gasteiger partial charge is 0.313 e. The molecule has 0 amide bonds. The molecule has 0 atom stereocenters. The maximum absolute atomic E-state index is 4.59. The van der Waals surface area contributed by atoms with E-state index in [1.165, 1.54) is 45.9 Å². The molecule has 1 aliphatic carbocycles. The van der Waals surface area contributed by atoms with Crippen molar-refractivity contribution in [2.75, 3.05) is 6.54 Å². The van der Waals surface area contributed by atoms with Crippen molar-refractivity contribution in [2.45, 2.75) is 49.6 Å². The van der Waals surface area contributed by atoms with Crippen molar-refractivity contribution in [3.63, 3.8) is 0 Å². The minimum atomic E-state index is 0.892. The second-order valence-corrected chi connectivity index (χ2v) is 6.72. The van der Waals surface area contributed by atoms with Crippen molar-refractivity contribution in [3.05, 3.63) is 40.6 Å². The fourth-order valence-electron chi connectivity index (χ4n) is 2.99. The van der Waals surface area contributed by atoms with Crippen LogP contribution in [0, 0.1) is 6.92 Å². The summed E-state index contributed by atoms with van der Waals surface area (Å²) in [6.07, 6.45) is 3.79. The standard InChI is InChI=1S/C17H23N3S/c1-4-18-11-16-12(2)19-20(3)17(16)21-15-9-8-13-6-5-7-14(13)10-15/h8-10,18H,4-7,11H2,1-3H3. The van der Waals surface area contributed by atoms with Gasteiger partial charge in [-0.3, -0.25) is 4.68 Å². The average molecular weight is 301 g/mol. The van der Waals surface area contributed by atoms with E-state index in [1.807, 2.05) is 23.5 Å². The monoisotopic (exact) mass is 301 g/mol. The van der Waals surface area contributed by atoms with E-state index in [4.69, 9.17) is 0 Å². The number of nitrogens with zero attached hydrogens (tertiary/aromatic N) is 2. The quantitative estimate of drug-likeness (QED) is 0.917. The molecule has 2 aromatic rings. The van der Waals surface area contributed by atoms with Crippen LogP contribution >= 0.6 is 11.8 Å². The molecule has 1 heterocycles. The summed E-state index contributed by atoms with van der Waals surface area (Å²) in [5, 5.41) is 9.26. The van der Waals surface area contributed by atoms with Crippen LogP contribution in [0.4, 0.5) is 0 Å². The molecule has 1 aliphatic rings. The number of aromatic nitrogens is 2. The Morgan fingerprint density at radius 1 is 1.29 bits per heavy atom. The van der Waals surface area contributed by atoms with Crippen LogP contribution in [0.1, 0.15) is 35.7 Å². The molecule has 1 aromatic heterocycles. The number of hydrogen-bond acceptors (Lipinski definition) is 3. The van der Waals surface area contributed by atoms with Crippen LogP contribution in [-0.2, 0) is 26.4 Å². The van der Waals surface area contributed by atoms with Crippen LogP contribution in [0.5, 0.6) is 0 Å². The van der Waals surface area contributed by atoms with Crippen molar-refractivity contribution in [3.8, 4) is 0 Å². The van der Waals surface area contributed by atoms with E-state index in [0.717, 1.165) is 18.8 Å². The van der Waals surface area contributed by atoms with Gasteiger partial charge < -0.3 is 5.32 Å². The molecule has 0 unspecified atom stereocenters. The molecule has 0 fully saturated rings. The third kappa shape index (κ3) is 3.01. The van der Waals surface area contributed by atoms with Gasteiger partial charge in [0.15, 0.2) is 0 Å². The predicted molar refractivity (Wildman–Crippen MR) is 87.9 cm³/mol. The number of nitrogens with one attached hydrogen (secondary N) is 1. The van der Waals surface area contributed by atoms with Crippen molar-refractivity contribution in [2.24, 2.45) is 7.05 Å². The normalized spacial score (nSPS) is 13.7. The van der Waals surface area contributed by atoms with Crippen molar-refractivity contribution < 1.29 is 0 Å². The summed E-state index contributed by atoms with van der Waals surface area (Å²) in [5.74, 6) is 0. The first-order valence-corrected chi connectivity index (χ1v) is 8.53. The van der Waals surface area contributed by atoms with Gasteiger partial charge in [-0.05, 0) is 56.0 Å². The summed E-state index contributed by atoms with van der Waals surface area (Å²) in [4.78, 5) is 1.33. The summed E-state index contributed by atoms with van der Waals surface area (Å²) >= 11 is 1.84. The molecule has 1 aromatic carbocycles. The zero-order chi connectivity index (χ0) is 14.8. The lowest BCUT2D eigenvalue weighted by Gasteiger charge is -2.08. The van der Waals surface area contributed by atoms with Crippen LogP contribution < -0.4 is 5.32 Å². The minimum Gasteiger partial charge on any atom is -0.313 e. The average Bonchev–Trinajstić information content (AvgIpc) is 3.02. The van der Waals surface area contributed by atoms with E-state index in [1.54, 1.807) is 0 Å². The van der Waals surface area contributed by atoms with E-state index in [-0.39, 0.29) is 0 Å². The molecular weight excluding hydrogens is 278 g/mol. The van der Waals surface area contributed by atoms with Gasteiger partial charge in [-0.25, -0.2) is 0 Å². The Morgan fingerprint density at radius 2 is 2.10 bits per heavy atom. The van der Waals surface area contributed by atoms with Crippen LogP contribution in [-0.4, -0.2) is 16.3 Å². The van der Waals surface area contributed by atoms with Crippen LogP contribution in [0.2, 0.25) is 0 Å². The smallest absolute Gasteiger partial charge is 0.103 e. The summed E-state index contributed by atoms with van der Waals surface area (Å²) < 4.78 is 2.01. The molecule has 0 radical (unpaired) electrons. The first kappa shape index (κ1) is 14.7. The van der Waals surface area contributed by atoms with Crippen LogP contribution in [0.15, 0.2) is 28.1 Å². The summed E-state index contributed by atoms with van der Waals surface area (Å²) in [5.41, 5.74) is 5.52. The molecule has 0 spiro atoms. The number of rotatable bonds is 5. The van der Waals surface area contributed by atoms with Crippen molar-refractivity contribution >= 4 is 11.8 Å². The molecule has 21 heavy (non-hydrogen) atoms. The highest BCUT2D eigenvalue weighted by Crippen LogP contribution is 2.34. The third-order valence-electron chi connectivity index (χ3n) is 4.13. The van der Waals surface area contributed by atoms with Gasteiger partial charge in [-0.2, -0.15) is 5.10 Å². The first-order chi connectivity index (χ1) is 10.2. The maximum atomic E-state index is 4.59. The summed E-state index contributed by atoms with van der Waals surface area (Å²) in [7, 11) is 2.04. The van der Waals surface area contributed by atoms with Gasteiger partial charge in [0.1, 0.15) is 5.03 Å². The van der Waals surface area contributed by atoms with Gasteiger partial charge in [0.05, 0.1) is 5.69 Å². The zero-order valence-corrected chi connectivity index (χ0v) is 13.9. The molecule has 3 rings (SSSR count). The molecule has 1 N–H and O–H groups in total. The molecule has 4 heteroatoms. The fraction of sp³-hybridized carbons (Fsp3) is 0.471. The van der Waals surface area contributed by atoms with Crippen molar-refractivity contribution in [1.82, 2.24) is 15.1 Å². The van der Waals surface area contributed by atoms with E-state index < -0.39 is 0 Å². The molecule has 0 aliphatic heterocycles. The predicted octanol–water partition coefficient (Wildman–Crippen LogP) is 3.48. The van der Waals surface area contributed by atoms with Gasteiger partial charge >= 0.3 is 0 Å². The van der Waals surface area contributed by atoms with Crippen LogP contribution in [0.3, 0.4) is 0 Å². The Balaban J connectivity index is 1.87. The molecule has 3 nitrogen and oxygen atoms in total. The topological polar surface area (TPSA) is 29.9 Å². The highest BCUT2D eigenvalue weighted by Gasteiger charge is 2.16. The Bertz CT molecular complexity index is 646. The van der Waals surface area contributed by atoms with E-state index in [9.17, 15) is 0 Å². The number of hydrogen-bond donors (Lipinski definition) is 1. The van der Waals surface area contributed by atoms with Gasteiger partial charge in [0.25, 0.3) is 0 Å². The lowest BCUT2D eigenvalue weighted by molar-refractivity contribution is 0.674. The number of fused-ring (bicyclic) bond motifs is 1. The van der Waals surface area contributed by atoms with Gasteiger partial charge in [-0.15, -0.1) is 0 Å². The highest BCUT2D eigenvalue weighted by molar-refractivity contribution is 7.99. The second kappa shape index (κ2) is 6.24. The molecule has 0 saturated heterocycles. The SMILES string of the molecule is CCNCc1c(C)nn(C)c1Sc1ccc2c(c1)CCC2. The fourth-order valence-corrected chi connectivity index (χ4v) is 4.06. The van der Waals surface area contributed by atoms with Gasteiger partial charge in [0.2, 0.25) is 0 Å².